The third-order valence-electron chi connectivity index (χ3n) is 4.73. The number of rotatable bonds is 4. The van der Waals surface area contributed by atoms with Crippen molar-refractivity contribution in [2.45, 2.75) is 19.4 Å². The van der Waals surface area contributed by atoms with E-state index in [9.17, 15) is 4.79 Å². The number of methoxy groups -OCH3 is 1. The van der Waals surface area contributed by atoms with Crippen molar-refractivity contribution in [3.8, 4) is 5.75 Å². The number of amides is 1. The SMILES string of the molecule is COc1ccc(Cl)cc1Nc1ccc(C(=O)N2c3ccccc3CC2C)nn1. The molecule has 0 radical (unpaired) electrons. The minimum atomic E-state index is -0.156. The fourth-order valence-corrected chi connectivity index (χ4v) is 3.60. The van der Waals surface area contributed by atoms with Crippen molar-refractivity contribution in [1.29, 1.82) is 0 Å². The first-order valence-electron chi connectivity index (χ1n) is 8.92. The minimum Gasteiger partial charge on any atom is -0.495 e. The Morgan fingerprint density at radius 1 is 1.18 bits per heavy atom. The van der Waals surface area contributed by atoms with E-state index in [0.29, 0.717) is 28.0 Å². The Bertz CT molecular complexity index is 1020. The Labute approximate surface area is 168 Å². The quantitative estimate of drug-likeness (QED) is 0.707. The number of ether oxygens (including phenoxy) is 1. The molecular formula is C21H19ClN4O2. The summed E-state index contributed by atoms with van der Waals surface area (Å²) in [5, 5.41) is 12.0. The summed E-state index contributed by atoms with van der Waals surface area (Å²) in [7, 11) is 1.58. The normalized spacial score (nSPS) is 15.2. The molecule has 1 aliphatic rings. The predicted molar refractivity (Wildman–Crippen MR) is 110 cm³/mol. The summed E-state index contributed by atoms with van der Waals surface area (Å²) < 4.78 is 5.32. The summed E-state index contributed by atoms with van der Waals surface area (Å²) in [4.78, 5) is 14.8. The first kappa shape index (κ1) is 18.3. The average Bonchev–Trinajstić information content (AvgIpc) is 3.04. The number of carbonyl (C=O) groups is 1. The first-order valence-corrected chi connectivity index (χ1v) is 9.30. The molecule has 1 aromatic heterocycles. The van der Waals surface area contributed by atoms with Gasteiger partial charge in [-0.05, 0) is 55.3 Å². The molecule has 0 saturated heterocycles. The summed E-state index contributed by atoms with van der Waals surface area (Å²) in [5.74, 6) is 0.970. The monoisotopic (exact) mass is 394 g/mol. The van der Waals surface area contributed by atoms with Gasteiger partial charge in [0.1, 0.15) is 5.75 Å². The number of aromatic nitrogens is 2. The Morgan fingerprint density at radius 3 is 2.75 bits per heavy atom. The molecule has 2 aromatic carbocycles. The van der Waals surface area contributed by atoms with Crippen LogP contribution in [0.4, 0.5) is 17.2 Å². The topological polar surface area (TPSA) is 67.3 Å². The molecule has 2 heterocycles. The fourth-order valence-electron chi connectivity index (χ4n) is 3.43. The smallest absolute Gasteiger partial charge is 0.279 e. The maximum absolute atomic E-state index is 13.0. The van der Waals surface area contributed by atoms with Crippen molar-refractivity contribution >= 4 is 34.7 Å². The number of carbonyl (C=O) groups excluding carboxylic acids is 1. The van der Waals surface area contributed by atoms with Crippen LogP contribution in [0.25, 0.3) is 0 Å². The lowest BCUT2D eigenvalue weighted by Gasteiger charge is -2.22. The molecular weight excluding hydrogens is 376 g/mol. The van der Waals surface area contributed by atoms with Crippen LogP contribution in [0.1, 0.15) is 23.0 Å². The molecule has 0 aliphatic carbocycles. The summed E-state index contributed by atoms with van der Waals surface area (Å²) in [6, 6.07) is 16.7. The summed E-state index contributed by atoms with van der Waals surface area (Å²) in [6.07, 6.45) is 0.837. The van der Waals surface area contributed by atoms with Gasteiger partial charge in [0, 0.05) is 16.8 Å². The zero-order chi connectivity index (χ0) is 19.7. The molecule has 1 amide bonds. The van der Waals surface area contributed by atoms with Crippen molar-refractivity contribution in [2.75, 3.05) is 17.3 Å². The molecule has 4 rings (SSSR count). The Balaban J connectivity index is 1.56. The van der Waals surface area contributed by atoms with E-state index in [1.807, 2.05) is 25.1 Å². The Kier molecular flexibility index (Phi) is 4.88. The highest BCUT2D eigenvalue weighted by Gasteiger charge is 2.32. The third-order valence-corrected chi connectivity index (χ3v) is 4.97. The van der Waals surface area contributed by atoms with Gasteiger partial charge in [0.2, 0.25) is 0 Å². The molecule has 6 nitrogen and oxygen atoms in total. The van der Waals surface area contributed by atoms with Crippen LogP contribution in [-0.4, -0.2) is 29.3 Å². The van der Waals surface area contributed by atoms with Crippen molar-refractivity contribution in [2.24, 2.45) is 0 Å². The van der Waals surface area contributed by atoms with Gasteiger partial charge in [0.25, 0.3) is 5.91 Å². The first-order chi connectivity index (χ1) is 13.6. The third kappa shape index (κ3) is 3.39. The molecule has 3 aromatic rings. The zero-order valence-corrected chi connectivity index (χ0v) is 16.3. The van der Waals surface area contributed by atoms with Crippen LogP contribution in [0.3, 0.4) is 0 Å². The number of hydrogen-bond acceptors (Lipinski definition) is 5. The van der Waals surface area contributed by atoms with Gasteiger partial charge in [0.05, 0.1) is 12.8 Å². The summed E-state index contributed by atoms with van der Waals surface area (Å²) in [6.45, 7) is 2.03. The van der Waals surface area contributed by atoms with E-state index in [4.69, 9.17) is 16.3 Å². The summed E-state index contributed by atoms with van der Waals surface area (Å²) >= 11 is 6.05. The predicted octanol–water partition coefficient (Wildman–Crippen LogP) is 4.47. The minimum absolute atomic E-state index is 0.0835. The molecule has 0 fully saturated rings. The van der Waals surface area contributed by atoms with Gasteiger partial charge in [-0.25, -0.2) is 0 Å². The number of halogens is 1. The van der Waals surface area contributed by atoms with Crippen molar-refractivity contribution in [3.63, 3.8) is 0 Å². The molecule has 1 unspecified atom stereocenters. The second-order valence-corrected chi connectivity index (χ2v) is 7.07. The number of nitrogens with one attached hydrogen (secondary N) is 1. The van der Waals surface area contributed by atoms with Crippen LogP contribution in [0.2, 0.25) is 5.02 Å². The average molecular weight is 395 g/mol. The molecule has 0 spiro atoms. The standard InChI is InChI=1S/C21H19ClN4O2/c1-13-11-14-5-3-4-6-18(14)26(13)21(27)16-8-10-20(25-24-16)23-17-12-15(22)7-9-19(17)28-2/h3-10,12-13H,11H2,1-2H3,(H,23,25). The van der Waals surface area contributed by atoms with Gasteiger partial charge < -0.3 is 15.0 Å². The van der Waals surface area contributed by atoms with Crippen LogP contribution in [0, 0.1) is 0 Å². The van der Waals surface area contributed by atoms with Gasteiger partial charge >= 0.3 is 0 Å². The van der Waals surface area contributed by atoms with Crippen molar-refractivity contribution in [1.82, 2.24) is 10.2 Å². The van der Waals surface area contributed by atoms with E-state index in [0.717, 1.165) is 12.1 Å². The van der Waals surface area contributed by atoms with E-state index in [2.05, 4.69) is 21.6 Å². The van der Waals surface area contributed by atoms with Gasteiger partial charge in [-0.3, -0.25) is 4.79 Å². The molecule has 0 bridgehead atoms. The van der Waals surface area contributed by atoms with E-state index in [1.54, 1.807) is 42.3 Å². The molecule has 142 valence electrons. The number of benzene rings is 2. The van der Waals surface area contributed by atoms with E-state index in [1.165, 1.54) is 5.56 Å². The number of nitrogens with zero attached hydrogens (tertiary/aromatic N) is 3. The zero-order valence-electron chi connectivity index (χ0n) is 15.5. The largest absolute Gasteiger partial charge is 0.495 e. The fraction of sp³-hybridized carbons (Fsp3) is 0.190. The molecule has 1 aliphatic heterocycles. The number of fused-ring (bicyclic) bond motifs is 1. The highest BCUT2D eigenvalue weighted by Crippen LogP contribution is 2.33. The van der Waals surface area contributed by atoms with Crippen LogP contribution < -0.4 is 15.0 Å². The van der Waals surface area contributed by atoms with Crippen molar-refractivity contribution in [3.05, 3.63) is 70.9 Å². The number of hydrogen-bond donors (Lipinski definition) is 1. The van der Waals surface area contributed by atoms with Crippen LogP contribution >= 0.6 is 11.6 Å². The van der Waals surface area contributed by atoms with E-state index in [-0.39, 0.29) is 11.9 Å². The lowest BCUT2D eigenvalue weighted by Crippen LogP contribution is -2.36. The maximum atomic E-state index is 13.0. The Morgan fingerprint density at radius 2 is 2.00 bits per heavy atom. The lowest BCUT2D eigenvalue weighted by molar-refractivity contribution is 0.0975. The van der Waals surface area contributed by atoms with Gasteiger partial charge in [-0.1, -0.05) is 29.8 Å². The van der Waals surface area contributed by atoms with Gasteiger partial charge in [-0.15, -0.1) is 10.2 Å². The highest BCUT2D eigenvalue weighted by atomic mass is 35.5. The Hall–Kier alpha value is -3.12. The second kappa shape index (κ2) is 7.48. The molecule has 1 N–H and O–H groups in total. The van der Waals surface area contributed by atoms with Gasteiger partial charge in [-0.2, -0.15) is 0 Å². The second-order valence-electron chi connectivity index (χ2n) is 6.63. The van der Waals surface area contributed by atoms with Crippen LogP contribution in [-0.2, 0) is 6.42 Å². The van der Waals surface area contributed by atoms with Gasteiger partial charge in [0.15, 0.2) is 11.5 Å². The highest BCUT2D eigenvalue weighted by molar-refractivity contribution is 6.31. The molecule has 7 heteroatoms. The van der Waals surface area contributed by atoms with Crippen molar-refractivity contribution < 1.29 is 9.53 Å². The van der Waals surface area contributed by atoms with E-state index < -0.39 is 0 Å². The molecule has 0 saturated carbocycles. The van der Waals surface area contributed by atoms with Crippen LogP contribution in [0.5, 0.6) is 5.75 Å². The number of para-hydroxylation sites is 1. The van der Waals surface area contributed by atoms with Crippen LogP contribution in [0.15, 0.2) is 54.6 Å². The maximum Gasteiger partial charge on any atom is 0.279 e. The van der Waals surface area contributed by atoms with E-state index >= 15 is 0 Å². The summed E-state index contributed by atoms with van der Waals surface area (Å²) in [5.41, 5.74) is 3.08. The molecule has 1 atom stereocenters. The molecule has 28 heavy (non-hydrogen) atoms. The number of anilines is 3. The lowest BCUT2D eigenvalue weighted by atomic mass is 10.1.